The van der Waals surface area contributed by atoms with Crippen molar-refractivity contribution in [3.63, 3.8) is 0 Å². The van der Waals surface area contributed by atoms with E-state index < -0.39 is 12.8 Å². The maximum absolute atomic E-state index is 11.9. The van der Waals surface area contributed by atoms with Gasteiger partial charge in [0, 0.05) is 18.4 Å². The van der Waals surface area contributed by atoms with Gasteiger partial charge in [-0.1, -0.05) is 0 Å². The smallest absolute Gasteiger partial charge is 0.370 e. The molecule has 0 spiro atoms. The number of hydrogen-bond acceptors (Lipinski definition) is 3. The van der Waals surface area contributed by atoms with E-state index in [9.17, 15) is 13.2 Å². The zero-order chi connectivity index (χ0) is 12.7. The van der Waals surface area contributed by atoms with Crippen LogP contribution >= 0.6 is 0 Å². The van der Waals surface area contributed by atoms with Gasteiger partial charge < -0.3 is 10.1 Å². The minimum atomic E-state index is -4.27. The van der Waals surface area contributed by atoms with E-state index in [0.29, 0.717) is 6.42 Å². The maximum Gasteiger partial charge on any atom is 0.411 e. The second-order valence-electron chi connectivity index (χ2n) is 3.68. The van der Waals surface area contributed by atoms with E-state index in [2.05, 4.69) is 15.0 Å². The van der Waals surface area contributed by atoms with Crippen molar-refractivity contribution >= 4 is 0 Å². The van der Waals surface area contributed by atoms with Gasteiger partial charge in [-0.3, -0.25) is 4.98 Å². The molecule has 1 unspecified atom stereocenters. The minimum absolute atomic E-state index is 0.0261. The van der Waals surface area contributed by atoms with Crippen molar-refractivity contribution in [2.75, 3.05) is 20.3 Å². The fraction of sp³-hybridized carbons (Fsp3) is 0.545. The lowest BCUT2D eigenvalue weighted by molar-refractivity contribution is -0.175. The third-order valence-corrected chi connectivity index (χ3v) is 2.22. The summed E-state index contributed by atoms with van der Waals surface area (Å²) in [5.74, 6) is 0. The Morgan fingerprint density at radius 3 is 2.53 bits per heavy atom. The van der Waals surface area contributed by atoms with E-state index in [1.165, 1.54) is 0 Å². The molecule has 0 aromatic carbocycles. The number of rotatable bonds is 6. The molecule has 0 fully saturated rings. The van der Waals surface area contributed by atoms with Crippen molar-refractivity contribution in [3.8, 4) is 0 Å². The Morgan fingerprint density at radius 2 is 2.00 bits per heavy atom. The summed E-state index contributed by atoms with van der Waals surface area (Å²) in [5, 5.41) is 2.92. The average Bonchev–Trinajstić information content (AvgIpc) is 2.27. The van der Waals surface area contributed by atoms with Crippen LogP contribution in [0.4, 0.5) is 13.2 Å². The quantitative estimate of drug-likeness (QED) is 0.833. The molecule has 17 heavy (non-hydrogen) atoms. The van der Waals surface area contributed by atoms with Crippen LogP contribution in [0.25, 0.3) is 0 Å². The van der Waals surface area contributed by atoms with Crippen molar-refractivity contribution in [1.82, 2.24) is 10.3 Å². The van der Waals surface area contributed by atoms with E-state index in [1.54, 1.807) is 19.4 Å². The highest BCUT2D eigenvalue weighted by atomic mass is 19.4. The third kappa shape index (κ3) is 6.23. The molecule has 1 aromatic rings. The van der Waals surface area contributed by atoms with E-state index in [1.807, 2.05) is 12.1 Å². The van der Waals surface area contributed by atoms with Crippen LogP contribution < -0.4 is 5.32 Å². The van der Waals surface area contributed by atoms with Crippen LogP contribution in [-0.4, -0.2) is 37.5 Å². The molecule has 1 heterocycles. The predicted octanol–water partition coefficient (Wildman–Crippen LogP) is 1.79. The molecule has 0 radical (unpaired) electrons. The SMILES string of the molecule is CNC(COCC(F)(F)F)Cc1ccncc1. The summed E-state index contributed by atoms with van der Waals surface area (Å²) < 4.78 is 40.3. The number of pyridine rings is 1. The molecule has 1 rings (SSSR count). The number of likely N-dealkylation sites (N-methyl/N-ethyl adjacent to an activating group) is 1. The van der Waals surface area contributed by atoms with Crippen molar-refractivity contribution in [1.29, 1.82) is 0 Å². The summed E-state index contributed by atoms with van der Waals surface area (Å²) in [6, 6.07) is 3.52. The van der Waals surface area contributed by atoms with Gasteiger partial charge in [0.05, 0.1) is 6.61 Å². The van der Waals surface area contributed by atoms with Crippen LogP contribution in [0, 0.1) is 0 Å². The van der Waals surface area contributed by atoms with Crippen LogP contribution in [0.15, 0.2) is 24.5 Å². The van der Waals surface area contributed by atoms with Crippen molar-refractivity contribution in [2.24, 2.45) is 0 Å². The number of hydrogen-bond donors (Lipinski definition) is 1. The topological polar surface area (TPSA) is 34.1 Å². The molecule has 0 saturated carbocycles. The van der Waals surface area contributed by atoms with Crippen molar-refractivity contribution in [3.05, 3.63) is 30.1 Å². The van der Waals surface area contributed by atoms with Crippen molar-refractivity contribution in [2.45, 2.75) is 18.6 Å². The second-order valence-corrected chi connectivity index (χ2v) is 3.68. The summed E-state index contributed by atoms with van der Waals surface area (Å²) in [6.07, 6.45) is -0.358. The first-order chi connectivity index (χ1) is 8.01. The molecule has 1 N–H and O–H groups in total. The van der Waals surface area contributed by atoms with Gasteiger partial charge in [-0.2, -0.15) is 13.2 Å². The number of alkyl halides is 3. The molecule has 0 aliphatic rings. The first-order valence-electron chi connectivity index (χ1n) is 5.22. The molecular formula is C11H15F3N2O. The highest BCUT2D eigenvalue weighted by molar-refractivity contribution is 5.11. The minimum Gasteiger partial charge on any atom is -0.370 e. The molecule has 1 atom stereocenters. The Bertz CT molecular complexity index is 316. The van der Waals surface area contributed by atoms with E-state index in [0.717, 1.165) is 5.56 Å². The molecule has 1 aromatic heterocycles. The van der Waals surface area contributed by atoms with Gasteiger partial charge in [0.15, 0.2) is 0 Å². The van der Waals surface area contributed by atoms with E-state index in [4.69, 9.17) is 0 Å². The summed E-state index contributed by atoms with van der Waals surface area (Å²) in [5.41, 5.74) is 1.01. The Balaban J connectivity index is 2.34. The molecule has 0 aliphatic carbocycles. The molecule has 3 nitrogen and oxygen atoms in total. The zero-order valence-corrected chi connectivity index (χ0v) is 9.50. The van der Waals surface area contributed by atoms with Gasteiger partial charge in [0.1, 0.15) is 6.61 Å². The lowest BCUT2D eigenvalue weighted by atomic mass is 10.1. The first kappa shape index (κ1) is 13.9. The molecule has 0 bridgehead atoms. The second kappa shape index (κ2) is 6.56. The van der Waals surface area contributed by atoms with Crippen LogP contribution in [-0.2, 0) is 11.2 Å². The molecule has 96 valence electrons. The van der Waals surface area contributed by atoms with Gasteiger partial charge >= 0.3 is 6.18 Å². The number of halogens is 3. The standard InChI is InChI=1S/C11H15F3N2O/c1-15-10(7-17-8-11(12,13)14)6-9-2-4-16-5-3-9/h2-5,10,15H,6-8H2,1H3. The molecule has 0 aliphatic heterocycles. The number of nitrogens with zero attached hydrogens (tertiary/aromatic N) is 1. The molecular weight excluding hydrogens is 233 g/mol. The predicted molar refractivity (Wildman–Crippen MR) is 57.7 cm³/mol. The maximum atomic E-state index is 11.9. The van der Waals surface area contributed by atoms with Crippen molar-refractivity contribution < 1.29 is 17.9 Å². The summed E-state index contributed by atoms with van der Waals surface area (Å²) in [4.78, 5) is 3.87. The van der Waals surface area contributed by atoms with E-state index >= 15 is 0 Å². The normalized spacial score (nSPS) is 13.6. The monoisotopic (exact) mass is 248 g/mol. The Hall–Kier alpha value is -1.14. The Labute approximate surface area is 98.0 Å². The summed E-state index contributed by atoms with van der Waals surface area (Å²) in [7, 11) is 1.70. The average molecular weight is 248 g/mol. The zero-order valence-electron chi connectivity index (χ0n) is 9.50. The van der Waals surface area contributed by atoms with Gasteiger partial charge in [0.2, 0.25) is 0 Å². The largest absolute Gasteiger partial charge is 0.411 e. The number of nitrogens with one attached hydrogen (secondary N) is 1. The first-order valence-corrected chi connectivity index (χ1v) is 5.22. The van der Waals surface area contributed by atoms with Crippen LogP contribution in [0.3, 0.4) is 0 Å². The lowest BCUT2D eigenvalue weighted by Gasteiger charge is -2.17. The van der Waals surface area contributed by atoms with Gasteiger partial charge in [-0.05, 0) is 31.2 Å². The Kier molecular flexibility index (Phi) is 5.37. The number of ether oxygens (including phenoxy) is 1. The molecule has 0 amide bonds. The van der Waals surface area contributed by atoms with Crippen LogP contribution in [0.2, 0.25) is 0 Å². The lowest BCUT2D eigenvalue weighted by Crippen LogP contribution is -2.34. The van der Waals surface area contributed by atoms with E-state index in [-0.39, 0.29) is 12.6 Å². The van der Waals surface area contributed by atoms with Crippen LogP contribution in [0.5, 0.6) is 0 Å². The van der Waals surface area contributed by atoms with Crippen LogP contribution in [0.1, 0.15) is 5.56 Å². The van der Waals surface area contributed by atoms with Gasteiger partial charge in [-0.25, -0.2) is 0 Å². The van der Waals surface area contributed by atoms with Gasteiger partial charge in [0.25, 0.3) is 0 Å². The number of aromatic nitrogens is 1. The summed E-state index contributed by atoms with van der Waals surface area (Å²) >= 11 is 0. The van der Waals surface area contributed by atoms with Gasteiger partial charge in [-0.15, -0.1) is 0 Å². The highest BCUT2D eigenvalue weighted by Crippen LogP contribution is 2.14. The summed E-state index contributed by atoms with van der Waals surface area (Å²) in [6.45, 7) is -1.18. The Morgan fingerprint density at radius 1 is 1.35 bits per heavy atom. The molecule has 6 heteroatoms. The molecule has 0 saturated heterocycles. The fourth-order valence-electron chi connectivity index (χ4n) is 1.36. The third-order valence-electron chi connectivity index (χ3n) is 2.22. The highest BCUT2D eigenvalue weighted by Gasteiger charge is 2.27. The fourth-order valence-corrected chi connectivity index (χ4v) is 1.36.